The van der Waals surface area contributed by atoms with E-state index in [9.17, 15) is 4.39 Å². The number of rotatable bonds is 2. The molecule has 3 nitrogen and oxygen atoms in total. The molecule has 2 aromatic heterocycles. The van der Waals surface area contributed by atoms with Crippen LogP contribution in [0.4, 0.5) is 10.2 Å². The van der Waals surface area contributed by atoms with Crippen molar-refractivity contribution in [2.75, 3.05) is 11.9 Å². The number of nitrogens with zero attached hydrogens (tertiary/aromatic N) is 2. The highest BCUT2D eigenvalue weighted by Gasteiger charge is 2.23. The highest BCUT2D eigenvalue weighted by Crippen LogP contribution is 2.38. The van der Waals surface area contributed by atoms with Crippen molar-refractivity contribution in [2.24, 2.45) is 0 Å². The van der Waals surface area contributed by atoms with E-state index in [1.165, 1.54) is 11.6 Å². The summed E-state index contributed by atoms with van der Waals surface area (Å²) in [4.78, 5) is 1.10. The van der Waals surface area contributed by atoms with E-state index in [0.717, 1.165) is 46.0 Å². The van der Waals surface area contributed by atoms with Gasteiger partial charge in [0, 0.05) is 12.1 Å². The molecule has 1 aliphatic heterocycles. The molecule has 23 heavy (non-hydrogen) atoms. The summed E-state index contributed by atoms with van der Waals surface area (Å²) in [5.74, 6) is 0.662. The summed E-state index contributed by atoms with van der Waals surface area (Å²) in [5, 5.41) is 8.19. The predicted octanol–water partition coefficient (Wildman–Crippen LogP) is 5.25. The minimum Gasteiger partial charge on any atom is -0.370 e. The molecular weight excluding hydrogens is 377 g/mol. The van der Waals surface area contributed by atoms with Crippen molar-refractivity contribution in [3.63, 3.8) is 0 Å². The fraction of sp³-hybridized carbons (Fsp3) is 0.235. The van der Waals surface area contributed by atoms with Crippen LogP contribution >= 0.6 is 27.3 Å². The highest BCUT2D eigenvalue weighted by molar-refractivity contribution is 9.11. The molecule has 0 spiro atoms. The van der Waals surface area contributed by atoms with Crippen molar-refractivity contribution >= 4 is 33.1 Å². The number of anilines is 1. The summed E-state index contributed by atoms with van der Waals surface area (Å²) < 4.78 is 17.1. The molecular formula is C17H15BrFN3S. The number of para-hydroxylation sites is 1. The van der Waals surface area contributed by atoms with Gasteiger partial charge in [-0.1, -0.05) is 12.1 Å². The molecule has 0 fully saturated rings. The van der Waals surface area contributed by atoms with Crippen LogP contribution in [0.25, 0.3) is 16.3 Å². The quantitative estimate of drug-likeness (QED) is 0.646. The van der Waals surface area contributed by atoms with Gasteiger partial charge in [0.05, 0.1) is 8.66 Å². The van der Waals surface area contributed by atoms with E-state index in [2.05, 4.69) is 27.3 Å². The Kier molecular flexibility index (Phi) is 3.95. The summed E-state index contributed by atoms with van der Waals surface area (Å²) >= 11 is 5.17. The average molecular weight is 392 g/mol. The van der Waals surface area contributed by atoms with Crippen LogP contribution in [0.2, 0.25) is 0 Å². The third-order valence-corrected chi connectivity index (χ3v) is 5.65. The molecule has 118 valence electrons. The summed E-state index contributed by atoms with van der Waals surface area (Å²) in [7, 11) is 0. The van der Waals surface area contributed by atoms with Crippen LogP contribution in [0, 0.1) is 5.82 Å². The van der Waals surface area contributed by atoms with Gasteiger partial charge in [0.15, 0.2) is 0 Å². The Morgan fingerprint density at radius 3 is 2.83 bits per heavy atom. The molecule has 1 aromatic carbocycles. The summed E-state index contributed by atoms with van der Waals surface area (Å²) in [6, 6.07) is 10.9. The van der Waals surface area contributed by atoms with Crippen LogP contribution in [0.3, 0.4) is 0 Å². The first kappa shape index (κ1) is 14.9. The van der Waals surface area contributed by atoms with E-state index < -0.39 is 0 Å². The number of benzene rings is 1. The van der Waals surface area contributed by atoms with Gasteiger partial charge in [-0.25, -0.2) is 9.07 Å². The monoisotopic (exact) mass is 391 g/mol. The Hall–Kier alpha value is -1.66. The molecule has 0 radical (unpaired) electrons. The molecule has 0 atom stereocenters. The largest absolute Gasteiger partial charge is 0.370 e. The Balaban J connectivity index is 1.93. The standard InChI is InChI=1S/C17H15BrFN3S/c18-15-9-8-14(23-15)16-11-5-3-4-10-20-17(11)22(21-16)13-7-2-1-6-12(13)19/h1-2,6-9,20H,3-5,10H2. The van der Waals surface area contributed by atoms with Gasteiger partial charge in [0.25, 0.3) is 0 Å². The number of halogens is 2. The maximum atomic E-state index is 14.3. The lowest BCUT2D eigenvalue weighted by Crippen LogP contribution is -2.08. The number of hydrogen-bond donors (Lipinski definition) is 1. The van der Waals surface area contributed by atoms with E-state index in [1.807, 2.05) is 12.1 Å². The van der Waals surface area contributed by atoms with Gasteiger partial charge >= 0.3 is 0 Å². The number of fused-ring (bicyclic) bond motifs is 1. The molecule has 1 aliphatic rings. The van der Waals surface area contributed by atoms with Crippen LogP contribution < -0.4 is 5.32 Å². The summed E-state index contributed by atoms with van der Waals surface area (Å²) in [5.41, 5.74) is 2.62. The minimum atomic E-state index is -0.261. The molecule has 1 N–H and O–H groups in total. The summed E-state index contributed by atoms with van der Waals surface area (Å²) in [6.07, 6.45) is 3.18. The first-order valence-electron chi connectivity index (χ1n) is 7.60. The van der Waals surface area contributed by atoms with Crippen LogP contribution in [0.15, 0.2) is 40.2 Å². The van der Waals surface area contributed by atoms with E-state index in [0.29, 0.717) is 5.69 Å². The van der Waals surface area contributed by atoms with E-state index in [4.69, 9.17) is 5.10 Å². The normalized spacial score (nSPS) is 14.2. The van der Waals surface area contributed by atoms with Crippen molar-refractivity contribution in [1.29, 1.82) is 0 Å². The first-order chi connectivity index (χ1) is 11.2. The number of aromatic nitrogens is 2. The predicted molar refractivity (Wildman–Crippen MR) is 96.0 cm³/mol. The molecule has 0 bridgehead atoms. The zero-order chi connectivity index (χ0) is 15.8. The van der Waals surface area contributed by atoms with Crippen LogP contribution in [-0.2, 0) is 6.42 Å². The fourth-order valence-corrected chi connectivity index (χ4v) is 4.34. The molecule has 6 heteroatoms. The van der Waals surface area contributed by atoms with Crippen LogP contribution in [-0.4, -0.2) is 16.3 Å². The fourth-order valence-electron chi connectivity index (χ4n) is 2.94. The number of nitrogens with one attached hydrogen (secondary N) is 1. The van der Waals surface area contributed by atoms with Gasteiger partial charge in [0.1, 0.15) is 23.0 Å². The van der Waals surface area contributed by atoms with Gasteiger partial charge in [-0.2, -0.15) is 5.10 Å². The maximum Gasteiger partial charge on any atom is 0.148 e. The smallest absolute Gasteiger partial charge is 0.148 e. The Bertz CT molecular complexity index is 855. The van der Waals surface area contributed by atoms with E-state index in [1.54, 1.807) is 28.2 Å². The lowest BCUT2D eigenvalue weighted by molar-refractivity contribution is 0.611. The molecule has 0 saturated carbocycles. The molecule has 0 amide bonds. The topological polar surface area (TPSA) is 29.9 Å². The molecule has 3 aromatic rings. The van der Waals surface area contributed by atoms with Gasteiger partial charge in [-0.05, 0) is 59.5 Å². The van der Waals surface area contributed by atoms with Gasteiger partial charge in [-0.3, -0.25) is 0 Å². The van der Waals surface area contributed by atoms with Gasteiger partial charge in [-0.15, -0.1) is 11.3 Å². The van der Waals surface area contributed by atoms with Crippen molar-refractivity contribution in [2.45, 2.75) is 19.3 Å². The van der Waals surface area contributed by atoms with Crippen LogP contribution in [0.5, 0.6) is 0 Å². The third kappa shape index (κ3) is 2.70. The third-order valence-electron chi connectivity index (χ3n) is 4.02. The summed E-state index contributed by atoms with van der Waals surface area (Å²) in [6.45, 7) is 0.890. The average Bonchev–Trinajstić information content (AvgIpc) is 3.03. The second kappa shape index (κ2) is 6.09. The zero-order valence-electron chi connectivity index (χ0n) is 12.4. The lowest BCUT2D eigenvalue weighted by Gasteiger charge is -2.09. The second-order valence-electron chi connectivity index (χ2n) is 5.53. The SMILES string of the molecule is Fc1ccccc1-n1nc(-c2ccc(Br)s2)c2c1NCCCC2. The minimum absolute atomic E-state index is 0.261. The van der Waals surface area contributed by atoms with Crippen molar-refractivity contribution in [3.8, 4) is 16.3 Å². The molecule has 3 heterocycles. The maximum absolute atomic E-state index is 14.3. The highest BCUT2D eigenvalue weighted by atomic mass is 79.9. The van der Waals surface area contributed by atoms with Crippen molar-refractivity contribution in [3.05, 3.63) is 51.6 Å². The lowest BCUT2D eigenvalue weighted by atomic mass is 10.1. The van der Waals surface area contributed by atoms with Gasteiger partial charge < -0.3 is 5.32 Å². The number of hydrogen-bond acceptors (Lipinski definition) is 3. The zero-order valence-corrected chi connectivity index (χ0v) is 14.8. The van der Waals surface area contributed by atoms with E-state index >= 15 is 0 Å². The first-order valence-corrected chi connectivity index (χ1v) is 9.21. The van der Waals surface area contributed by atoms with Crippen molar-refractivity contribution in [1.82, 2.24) is 9.78 Å². The molecule has 4 rings (SSSR count). The van der Waals surface area contributed by atoms with Crippen LogP contribution in [0.1, 0.15) is 18.4 Å². The number of thiophene rings is 1. The Morgan fingerprint density at radius 2 is 2.04 bits per heavy atom. The molecule has 0 saturated heterocycles. The van der Waals surface area contributed by atoms with Gasteiger partial charge in [0.2, 0.25) is 0 Å². The Morgan fingerprint density at radius 1 is 1.17 bits per heavy atom. The van der Waals surface area contributed by atoms with Crippen molar-refractivity contribution < 1.29 is 4.39 Å². The van der Waals surface area contributed by atoms with E-state index in [-0.39, 0.29) is 5.82 Å². The molecule has 0 aliphatic carbocycles. The Labute approximate surface area is 146 Å². The molecule has 0 unspecified atom stereocenters. The second-order valence-corrected chi connectivity index (χ2v) is 7.99.